The smallest absolute Gasteiger partial charge is 0.236 e. The number of hydrogen-bond donors (Lipinski definition) is 1. The van der Waals surface area contributed by atoms with Crippen molar-refractivity contribution in [2.24, 2.45) is 0 Å². The Labute approximate surface area is 174 Å². The molecule has 0 bridgehead atoms. The van der Waals surface area contributed by atoms with Crippen molar-refractivity contribution in [2.45, 2.75) is 12.7 Å². The fourth-order valence-electron chi connectivity index (χ4n) is 2.75. The van der Waals surface area contributed by atoms with E-state index in [0.29, 0.717) is 23.1 Å². The van der Waals surface area contributed by atoms with Crippen LogP contribution < -0.4 is 9.46 Å². The van der Waals surface area contributed by atoms with Crippen LogP contribution >= 0.6 is 0 Å². The Morgan fingerprint density at radius 2 is 1.80 bits per heavy atom. The topological polar surface area (TPSA) is 99.0 Å². The molecule has 4 aromatic rings. The van der Waals surface area contributed by atoms with E-state index in [-0.39, 0.29) is 5.75 Å². The average molecular weight is 421 g/mol. The van der Waals surface area contributed by atoms with Gasteiger partial charge in [-0.05, 0) is 36.8 Å². The number of anilines is 1. The van der Waals surface area contributed by atoms with Crippen molar-refractivity contribution < 1.29 is 13.2 Å². The molecule has 0 saturated carbocycles. The Balaban J connectivity index is 1.42. The molecule has 0 atom stereocenters. The standard InChI is InChI=1S/C21H19N5O3S/c1-16-2-4-17(5-3-16)13-30(27,28)25-18-6-8-19(9-7-18)29-21-12-20(23-14-24-21)26-11-10-22-15-26/h2-12,14-15,25H,13H2,1H3. The third kappa shape index (κ3) is 5.00. The van der Waals surface area contributed by atoms with Crippen LogP contribution in [-0.4, -0.2) is 27.9 Å². The molecule has 0 fully saturated rings. The molecule has 0 radical (unpaired) electrons. The van der Waals surface area contributed by atoms with Gasteiger partial charge in [-0.1, -0.05) is 29.8 Å². The third-order valence-electron chi connectivity index (χ3n) is 4.22. The SMILES string of the molecule is Cc1ccc(CS(=O)(=O)Nc2ccc(Oc3cc(-n4ccnc4)ncn3)cc2)cc1. The summed E-state index contributed by atoms with van der Waals surface area (Å²) < 4.78 is 34.9. The predicted octanol–water partition coefficient (Wildman–Crippen LogP) is 3.70. The summed E-state index contributed by atoms with van der Waals surface area (Å²) in [7, 11) is -3.52. The normalized spacial score (nSPS) is 11.2. The minimum absolute atomic E-state index is 0.0938. The lowest BCUT2D eigenvalue weighted by molar-refractivity contribution is 0.461. The van der Waals surface area contributed by atoms with Gasteiger partial charge in [-0.3, -0.25) is 9.29 Å². The van der Waals surface area contributed by atoms with Gasteiger partial charge in [-0.2, -0.15) is 0 Å². The van der Waals surface area contributed by atoms with E-state index in [1.54, 1.807) is 53.6 Å². The zero-order valence-corrected chi connectivity index (χ0v) is 17.0. The van der Waals surface area contributed by atoms with E-state index in [4.69, 9.17) is 4.74 Å². The Kier molecular flexibility index (Phi) is 5.44. The first-order valence-corrected chi connectivity index (χ1v) is 10.8. The van der Waals surface area contributed by atoms with E-state index in [1.807, 2.05) is 31.2 Å². The molecule has 152 valence electrons. The van der Waals surface area contributed by atoms with E-state index in [9.17, 15) is 8.42 Å². The van der Waals surface area contributed by atoms with Crippen molar-refractivity contribution in [1.29, 1.82) is 0 Å². The maximum atomic E-state index is 12.4. The van der Waals surface area contributed by atoms with Crippen LogP contribution in [-0.2, 0) is 15.8 Å². The molecule has 0 amide bonds. The Bertz CT molecular complexity index is 1220. The third-order valence-corrected chi connectivity index (χ3v) is 5.48. The van der Waals surface area contributed by atoms with Gasteiger partial charge in [0.15, 0.2) is 0 Å². The van der Waals surface area contributed by atoms with Crippen LogP contribution in [0.4, 0.5) is 5.69 Å². The number of benzene rings is 2. The summed E-state index contributed by atoms with van der Waals surface area (Å²) in [5.41, 5.74) is 2.27. The average Bonchev–Trinajstić information content (AvgIpc) is 3.26. The largest absolute Gasteiger partial charge is 0.439 e. The van der Waals surface area contributed by atoms with Crippen molar-refractivity contribution in [3.05, 3.63) is 90.8 Å². The highest BCUT2D eigenvalue weighted by atomic mass is 32.2. The summed E-state index contributed by atoms with van der Waals surface area (Å²) in [6.07, 6.45) is 6.45. The monoisotopic (exact) mass is 421 g/mol. The van der Waals surface area contributed by atoms with Crippen LogP contribution in [0.1, 0.15) is 11.1 Å². The number of sulfonamides is 1. The Morgan fingerprint density at radius 3 is 2.50 bits per heavy atom. The van der Waals surface area contributed by atoms with Gasteiger partial charge in [-0.25, -0.2) is 23.4 Å². The first-order valence-electron chi connectivity index (χ1n) is 9.11. The van der Waals surface area contributed by atoms with Crippen molar-refractivity contribution in [3.8, 4) is 17.4 Å². The van der Waals surface area contributed by atoms with Crippen molar-refractivity contribution in [3.63, 3.8) is 0 Å². The quantitative estimate of drug-likeness (QED) is 0.488. The van der Waals surface area contributed by atoms with E-state index < -0.39 is 10.0 Å². The number of rotatable bonds is 7. The number of nitrogens with one attached hydrogen (secondary N) is 1. The van der Waals surface area contributed by atoms with Crippen LogP contribution in [0.25, 0.3) is 5.82 Å². The number of aromatic nitrogens is 4. The van der Waals surface area contributed by atoms with Gasteiger partial charge in [0, 0.05) is 24.1 Å². The minimum atomic E-state index is -3.52. The van der Waals surface area contributed by atoms with Crippen LogP contribution in [0.5, 0.6) is 11.6 Å². The molecule has 0 aliphatic rings. The van der Waals surface area contributed by atoms with Gasteiger partial charge >= 0.3 is 0 Å². The van der Waals surface area contributed by atoms with Gasteiger partial charge in [0.1, 0.15) is 24.2 Å². The highest BCUT2D eigenvalue weighted by Gasteiger charge is 2.12. The number of nitrogens with zero attached hydrogens (tertiary/aromatic N) is 4. The number of aryl methyl sites for hydroxylation is 1. The van der Waals surface area contributed by atoms with Gasteiger partial charge in [0.05, 0.1) is 5.75 Å². The van der Waals surface area contributed by atoms with Crippen molar-refractivity contribution >= 4 is 15.7 Å². The fraction of sp³-hybridized carbons (Fsp3) is 0.0952. The molecule has 0 aliphatic carbocycles. The van der Waals surface area contributed by atoms with Crippen LogP contribution in [0.15, 0.2) is 79.6 Å². The van der Waals surface area contributed by atoms with E-state index in [1.165, 1.54) is 6.33 Å². The maximum absolute atomic E-state index is 12.4. The van der Waals surface area contributed by atoms with Crippen molar-refractivity contribution in [1.82, 2.24) is 19.5 Å². The van der Waals surface area contributed by atoms with Crippen molar-refractivity contribution in [2.75, 3.05) is 4.72 Å². The number of hydrogen-bond acceptors (Lipinski definition) is 6. The summed E-state index contributed by atoms with van der Waals surface area (Å²) in [4.78, 5) is 12.3. The Morgan fingerprint density at radius 1 is 1.03 bits per heavy atom. The molecular formula is C21H19N5O3S. The predicted molar refractivity (Wildman–Crippen MR) is 113 cm³/mol. The molecule has 2 aromatic heterocycles. The number of imidazole rings is 1. The molecule has 0 aliphatic heterocycles. The zero-order valence-electron chi connectivity index (χ0n) is 16.1. The Hall–Kier alpha value is -3.72. The molecule has 0 spiro atoms. The second kappa shape index (κ2) is 8.34. The molecule has 30 heavy (non-hydrogen) atoms. The lowest BCUT2D eigenvalue weighted by Crippen LogP contribution is -2.15. The molecule has 2 aromatic carbocycles. The van der Waals surface area contributed by atoms with Crippen LogP contribution in [0.2, 0.25) is 0 Å². The summed E-state index contributed by atoms with van der Waals surface area (Å²) >= 11 is 0. The van der Waals surface area contributed by atoms with Crippen LogP contribution in [0, 0.1) is 6.92 Å². The highest BCUT2D eigenvalue weighted by molar-refractivity contribution is 7.91. The summed E-state index contributed by atoms with van der Waals surface area (Å²) in [6.45, 7) is 1.96. The fourth-order valence-corrected chi connectivity index (χ4v) is 3.95. The molecule has 4 rings (SSSR count). The maximum Gasteiger partial charge on any atom is 0.236 e. The highest BCUT2D eigenvalue weighted by Crippen LogP contribution is 2.23. The minimum Gasteiger partial charge on any atom is -0.439 e. The lowest BCUT2D eigenvalue weighted by Gasteiger charge is -2.10. The van der Waals surface area contributed by atoms with Gasteiger partial charge in [-0.15, -0.1) is 0 Å². The molecule has 1 N–H and O–H groups in total. The van der Waals surface area contributed by atoms with Crippen LogP contribution in [0.3, 0.4) is 0 Å². The molecule has 8 nitrogen and oxygen atoms in total. The lowest BCUT2D eigenvalue weighted by atomic mass is 10.2. The molecular weight excluding hydrogens is 402 g/mol. The van der Waals surface area contributed by atoms with Gasteiger partial charge in [0.2, 0.25) is 15.9 Å². The first kappa shape index (κ1) is 19.6. The molecule has 2 heterocycles. The van der Waals surface area contributed by atoms with Gasteiger partial charge < -0.3 is 4.74 Å². The zero-order chi connectivity index (χ0) is 21.0. The second-order valence-corrected chi connectivity index (χ2v) is 8.38. The van der Waals surface area contributed by atoms with Gasteiger partial charge in [0.25, 0.3) is 0 Å². The molecule has 9 heteroatoms. The first-order chi connectivity index (χ1) is 14.5. The van der Waals surface area contributed by atoms with E-state index >= 15 is 0 Å². The number of ether oxygens (including phenoxy) is 1. The summed E-state index contributed by atoms with van der Waals surface area (Å²) in [5.74, 6) is 1.41. The summed E-state index contributed by atoms with van der Waals surface area (Å²) in [5, 5.41) is 0. The summed E-state index contributed by atoms with van der Waals surface area (Å²) in [6, 6.07) is 15.7. The van der Waals surface area contributed by atoms with E-state index in [0.717, 1.165) is 11.1 Å². The second-order valence-electron chi connectivity index (χ2n) is 6.66. The molecule has 0 unspecified atom stereocenters. The van der Waals surface area contributed by atoms with E-state index in [2.05, 4.69) is 19.7 Å². The molecule has 0 saturated heterocycles.